The maximum absolute atomic E-state index is 5.55. The van der Waals surface area contributed by atoms with Crippen molar-refractivity contribution >= 4 is 5.82 Å². The monoisotopic (exact) mass is 334 g/mol. The molecule has 0 bridgehead atoms. The molecule has 0 unspecified atom stereocenters. The van der Waals surface area contributed by atoms with E-state index in [9.17, 15) is 0 Å². The van der Waals surface area contributed by atoms with Crippen LogP contribution in [0.5, 0.6) is 0 Å². The minimum absolute atomic E-state index is 0. The normalized spacial score (nSPS) is 9.71. The Morgan fingerprint density at radius 3 is 1.54 bits per heavy atom. The number of aromatic nitrogens is 5. The molecule has 6 nitrogen and oxygen atoms in total. The molecule has 0 aliphatic carbocycles. The molecule has 2 rings (SSSR count). The molecule has 0 saturated carbocycles. The second kappa shape index (κ2) is 10.6. The molecule has 2 N–H and O–H groups in total. The fraction of sp³-hybridized carbons (Fsp3) is 0.611. The lowest BCUT2D eigenvalue weighted by Crippen LogP contribution is -2.03. The van der Waals surface area contributed by atoms with Gasteiger partial charge < -0.3 is 5.73 Å². The van der Waals surface area contributed by atoms with Crippen molar-refractivity contribution in [3.63, 3.8) is 0 Å². The Labute approximate surface area is 147 Å². The first-order valence-corrected chi connectivity index (χ1v) is 7.49. The third kappa shape index (κ3) is 7.94. The Balaban J connectivity index is 0. The van der Waals surface area contributed by atoms with Gasteiger partial charge in [0.05, 0.1) is 0 Å². The molecule has 0 atom stereocenters. The fourth-order valence-corrected chi connectivity index (χ4v) is 1.81. The van der Waals surface area contributed by atoms with Crippen molar-refractivity contribution in [1.82, 2.24) is 24.9 Å². The summed E-state index contributed by atoms with van der Waals surface area (Å²) in [5.41, 5.74) is 6.56. The van der Waals surface area contributed by atoms with Crippen LogP contribution < -0.4 is 5.73 Å². The molecular formula is C18H34N6. The van der Waals surface area contributed by atoms with E-state index < -0.39 is 0 Å². The van der Waals surface area contributed by atoms with Crippen molar-refractivity contribution in [3.8, 4) is 0 Å². The maximum Gasteiger partial charge on any atom is 0.135 e. The van der Waals surface area contributed by atoms with Gasteiger partial charge in [-0.2, -0.15) is 0 Å². The highest BCUT2D eigenvalue weighted by atomic mass is 15.0. The van der Waals surface area contributed by atoms with Gasteiger partial charge in [-0.15, -0.1) is 0 Å². The van der Waals surface area contributed by atoms with E-state index in [1.165, 1.54) is 0 Å². The highest BCUT2D eigenvalue weighted by Crippen LogP contribution is 2.12. The van der Waals surface area contributed by atoms with Crippen LogP contribution in [-0.4, -0.2) is 24.9 Å². The molecular weight excluding hydrogens is 300 g/mol. The van der Waals surface area contributed by atoms with Gasteiger partial charge in [0.1, 0.15) is 29.1 Å². The van der Waals surface area contributed by atoms with Crippen LogP contribution in [0.15, 0.2) is 6.07 Å². The summed E-state index contributed by atoms with van der Waals surface area (Å²) in [6.45, 7) is 14.0. The molecule has 2 aromatic rings. The van der Waals surface area contributed by atoms with E-state index >= 15 is 0 Å². The minimum Gasteiger partial charge on any atom is -0.384 e. The Hall–Kier alpha value is -2.11. The van der Waals surface area contributed by atoms with E-state index in [2.05, 4.69) is 52.6 Å². The molecule has 2 aromatic heterocycles. The third-order valence-corrected chi connectivity index (χ3v) is 2.86. The van der Waals surface area contributed by atoms with Gasteiger partial charge in [0, 0.05) is 17.7 Å². The first kappa shape index (κ1) is 24.1. The standard InChI is InChI=1S/2C8H13N3.2CH4/c1-5(2)8-10-6(3)9-7(4)11-8;1-5(2)7-4-8(9)11-6(3)10-7;;/h5H,1-4H3;4-5H,1-3H3,(H2,9,10,11);2*1H4. The van der Waals surface area contributed by atoms with Gasteiger partial charge in [-0.3, -0.25) is 0 Å². The summed E-state index contributed by atoms with van der Waals surface area (Å²) in [6, 6.07) is 1.82. The molecule has 136 valence electrons. The molecule has 0 spiro atoms. The zero-order chi connectivity index (χ0) is 16.9. The SMILES string of the molecule is C.C.Cc1nc(C)nc(C(C)C)n1.Cc1nc(N)cc(C(C)C)n1. The first-order valence-electron chi connectivity index (χ1n) is 7.49. The predicted molar refractivity (Wildman–Crippen MR) is 102 cm³/mol. The van der Waals surface area contributed by atoms with Crippen LogP contribution in [-0.2, 0) is 0 Å². The van der Waals surface area contributed by atoms with Crippen LogP contribution in [0.2, 0.25) is 0 Å². The number of aryl methyl sites for hydroxylation is 3. The van der Waals surface area contributed by atoms with Crippen molar-refractivity contribution in [2.24, 2.45) is 0 Å². The smallest absolute Gasteiger partial charge is 0.135 e. The number of hydrogen-bond acceptors (Lipinski definition) is 6. The number of nitrogen functional groups attached to an aromatic ring is 1. The average Bonchev–Trinajstić information content (AvgIpc) is 2.37. The Morgan fingerprint density at radius 1 is 0.708 bits per heavy atom. The Morgan fingerprint density at radius 2 is 1.17 bits per heavy atom. The topological polar surface area (TPSA) is 90.5 Å². The van der Waals surface area contributed by atoms with Gasteiger partial charge in [0.25, 0.3) is 0 Å². The second-order valence-corrected chi connectivity index (χ2v) is 5.86. The van der Waals surface area contributed by atoms with E-state index in [-0.39, 0.29) is 14.9 Å². The Kier molecular flexibility index (Phi) is 10.7. The largest absolute Gasteiger partial charge is 0.384 e. The molecule has 2 heterocycles. The number of rotatable bonds is 2. The number of nitrogens with zero attached hydrogens (tertiary/aromatic N) is 5. The van der Waals surface area contributed by atoms with E-state index in [0.717, 1.165) is 29.0 Å². The highest BCUT2D eigenvalue weighted by molar-refractivity contribution is 5.30. The van der Waals surface area contributed by atoms with Crippen molar-refractivity contribution in [3.05, 3.63) is 35.1 Å². The summed E-state index contributed by atoms with van der Waals surface area (Å²) in [6.07, 6.45) is 0. The lowest BCUT2D eigenvalue weighted by atomic mass is 10.1. The molecule has 0 aliphatic heterocycles. The van der Waals surface area contributed by atoms with E-state index in [4.69, 9.17) is 5.73 Å². The maximum atomic E-state index is 5.55. The molecule has 6 heteroatoms. The van der Waals surface area contributed by atoms with Crippen molar-refractivity contribution in [2.45, 2.75) is 75.2 Å². The zero-order valence-electron chi connectivity index (χ0n) is 14.5. The molecule has 0 radical (unpaired) electrons. The van der Waals surface area contributed by atoms with Gasteiger partial charge in [-0.1, -0.05) is 42.5 Å². The minimum atomic E-state index is 0. The summed E-state index contributed by atoms with van der Waals surface area (Å²) in [5, 5.41) is 0. The van der Waals surface area contributed by atoms with Crippen molar-refractivity contribution in [1.29, 1.82) is 0 Å². The van der Waals surface area contributed by atoms with Crippen molar-refractivity contribution < 1.29 is 0 Å². The molecule has 0 aliphatic rings. The molecule has 0 saturated heterocycles. The van der Waals surface area contributed by atoms with Crippen LogP contribution >= 0.6 is 0 Å². The van der Waals surface area contributed by atoms with Gasteiger partial charge in [-0.05, 0) is 26.7 Å². The van der Waals surface area contributed by atoms with Crippen LogP contribution in [0.3, 0.4) is 0 Å². The van der Waals surface area contributed by atoms with Crippen LogP contribution in [0.4, 0.5) is 5.82 Å². The summed E-state index contributed by atoms with van der Waals surface area (Å²) in [4.78, 5) is 20.7. The first-order chi connectivity index (χ1) is 10.2. The van der Waals surface area contributed by atoms with E-state index in [1.807, 2.05) is 26.8 Å². The van der Waals surface area contributed by atoms with Gasteiger partial charge in [0.15, 0.2) is 0 Å². The summed E-state index contributed by atoms with van der Waals surface area (Å²) >= 11 is 0. The number of nitrogens with two attached hydrogens (primary N) is 1. The zero-order valence-corrected chi connectivity index (χ0v) is 14.5. The fourth-order valence-electron chi connectivity index (χ4n) is 1.81. The highest BCUT2D eigenvalue weighted by Gasteiger charge is 2.04. The molecule has 24 heavy (non-hydrogen) atoms. The molecule has 0 aromatic carbocycles. The van der Waals surface area contributed by atoms with Gasteiger partial charge >= 0.3 is 0 Å². The predicted octanol–water partition coefficient (Wildman–Crippen LogP) is 4.37. The molecule has 0 fully saturated rings. The second-order valence-electron chi connectivity index (χ2n) is 5.86. The lowest BCUT2D eigenvalue weighted by Gasteiger charge is -2.05. The van der Waals surface area contributed by atoms with E-state index in [1.54, 1.807) is 0 Å². The quantitative estimate of drug-likeness (QED) is 0.876. The van der Waals surface area contributed by atoms with Gasteiger partial charge in [-0.25, -0.2) is 24.9 Å². The van der Waals surface area contributed by atoms with Crippen LogP contribution in [0, 0.1) is 20.8 Å². The number of anilines is 1. The van der Waals surface area contributed by atoms with Crippen molar-refractivity contribution in [2.75, 3.05) is 5.73 Å². The Bertz CT molecular complexity index is 527. The van der Waals surface area contributed by atoms with E-state index in [0.29, 0.717) is 17.7 Å². The average molecular weight is 335 g/mol. The summed E-state index contributed by atoms with van der Waals surface area (Å²) in [5.74, 6) is 4.60. The number of hydrogen-bond donors (Lipinski definition) is 1. The van der Waals surface area contributed by atoms with Gasteiger partial charge in [0.2, 0.25) is 0 Å². The summed E-state index contributed by atoms with van der Waals surface area (Å²) in [7, 11) is 0. The summed E-state index contributed by atoms with van der Waals surface area (Å²) < 4.78 is 0. The van der Waals surface area contributed by atoms with Crippen LogP contribution in [0.1, 0.15) is 83.4 Å². The third-order valence-electron chi connectivity index (χ3n) is 2.86. The lowest BCUT2D eigenvalue weighted by molar-refractivity contribution is 0.732. The van der Waals surface area contributed by atoms with Crippen LogP contribution in [0.25, 0.3) is 0 Å². The molecule has 0 amide bonds.